The third-order valence-electron chi connectivity index (χ3n) is 6.15. The first-order valence-corrected chi connectivity index (χ1v) is 12.5. The third kappa shape index (κ3) is 3.88. The lowest BCUT2D eigenvalue weighted by atomic mass is 9.63. The van der Waals surface area contributed by atoms with Gasteiger partial charge in [0.15, 0.2) is 0 Å². The van der Waals surface area contributed by atoms with Crippen molar-refractivity contribution in [1.82, 2.24) is 4.72 Å². The number of sulfonamides is 1. The molecule has 1 saturated carbocycles. The molecule has 0 aromatic heterocycles. The van der Waals surface area contributed by atoms with Crippen LogP contribution in [0.1, 0.15) is 37.7 Å². The molecule has 0 bridgehead atoms. The van der Waals surface area contributed by atoms with E-state index in [9.17, 15) is 8.42 Å². The molecule has 0 unspecified atom stereocenters. The van der Waals surface area contributed by atoms with E-state index in [1.807, 2.05) is 0 Å². The Bertz CT molecular complexity index is 1040. The van der Waals surface area contributed by atoms with Crippen molar-refractivity contribution in [1.29, 1.82) is 0 Å². The summed E-state index contributed by atoms with van der Waals surface area (Å²) in [6, 6.07) is 12.9. The van der Waals surface area contributed by atoms with E-state index in [0.717, 1.165) is 36.6 Å². The van der Waals surface area contributed by atoms with Gasteiger partial charge in [0.05, 0.1) is 4.90 Å². The van der Waals surface area contributed by atoms with Gasteiger partial charge in [-0.05, 0) is 80.1 Å². The van der Waals surface area contributed by atoms with Gasteiger partial charge in [-0.25, -0.2) is 13.1 Å². The standard InChI is InChI=1S/C22H24BrClN2O2S/c1-15-4-2-5-21-22(15,19-14-16(23)6-11-20(19)26-21)12-3-13-25-29(27,28)18-9-7-17(24)8-10-18/h6-11,14,21,25-26H,1-5,12-13H2/t21-,22-/m0/s1. The molecule has 154 valence electrons. The first-order valence-electron chi connectivity index (χ1n) is 9.83. The summed E-state index contributed by atoms with van der Waals surface area (Å²) in [6.45, 7) is 4.82. The monoisotopic (exact) mass is 494 g/mol. The zero-order valence-corrected chi connectivity index (χ0v) is 19.2. The van der Waals surface area contributed by atoms with Crippen molar-refractivity contribution in [2.75, 3.05) is 11.9 Å². The Morgan fingerprint density at radius 1 is 1.24 bits per heavy atom. The number of halogens is 2. The number of hydrogen-bond donors (Lipinski definition) is 2. The Labute approximate surface area is 185 Å². The van der Waals surface area contributed by atoms with Crippen molar-refractivity contribution >= 4 is 43.2 Å². The van der Waals surface area contributed by atoms with Crippen LogP contribution in [-0.2, 0) is 15.4 Å². The second-order valence-corrected chi connectivity index (χ2v) is 10.9. The highest BCUT2D eigenvalue weighted by Gasteiger charge is 2.49. The van der Waals surface area contributed by atoms with E-state index in [0.29, 0.717) is 17.6 Å². The minimum atomic E-state index is -3.54. The molecule has 0 saturated heterocycles. The molecular formula is C22H24BrClN2O2S. The highest BCUT2D eigenvalue weighted by molar-refractivity contribution is 9.10. The lowest BCUT2D eigenvalue weighted by Crippen LogP contribution is -2.43. The molecule has 29 heavy (non-hydrogen) atoms. The maximum Gasteiger partial charge on any atom is 0.240 e. The van der Waals surface area contributed by atoms with Gasteiger partial charge in [0.1, 0.15) is 0 Å². The third-order valence-corrected chi connectivity index (χ3v) is 8.38. The quantitative estimate of drug-likeness (QED) is 0.403. The SMILES string of the molecule is C=C1CCC[C@@H]2Nc3ccc(Br)cc3[C@]12CCCNS(=O)(=O)c1ccc(Cl)cc1. The second kappa shape index (κ2) is 8.06. The van der Waals surface area contributed by atoms with Gasteiger partial charge in [-0.15, -0.1) is 0 Å². The van der Waals surface area contributed by atoms with Crippen molar-refractivity contribution in [3.63, 3.8) is 0 Å². The summed E-state index contributed by atoms with van der Waals surface area (Å²) < 4.78 is 28.9. The van der Waals surface area contributed by atoms with Crippen molar-refractivity contribution in [3.05, 3.63) is 69.7 Å². The largest absolute Gasteiger partial charge is 0.381 e. The summed E-state index contributed by atoms with van der Waals surface area (Å²) in [5.41, 5.74) is 3.56. The van der Waals surface area contributed by atoms with Crippen LogP contribution in [0.2, 0.25) is 5.02 Å². The smallest absolute Gasteiger partial charge is 0.240 e. The summed E-state index contributed by atoms with van der Waals surface area (Å²) >= 11 is 9.46. The van der Waals surface area contributed by atoms with E-state index >= 15 is 0 Å². The van der Waals surface area contributed by atoms with Gasteiger partial charge in [0.25, 0.3) is 0 Å². The predicted molar refractivity (Wildman–Crippen MR) is 122 cm³/mol. The Balaban J connectivity index is 1.50. The summed E-state index contributed by atoms with van der Waals surface area (Å²) in [6.07, 6.45) is 4.84. The van der Waals surface area contributed by atoms with Gasteiger partial charge in [-0.3, -0.25) is 0 Å². The molecule has 2 N–H and O–H groups in total. The van der Waals surface area contributed by atoms with Crippen LogP contribution in [0.25, 0.3) is 0 Å². The Morgan fingerprint density at radius 2 is 2.00 bits per heavy atom. The van der Waals surface area contributed by atoms with Crippen LogP contribution in [0.5, 0.6) is 0 Å². The molecule has 0 radical (unpaired) electrons. The maximum absolute atomic E-state index is 12.5. The molecule has 0 spiro atoms. The zero-order chi connectivity index (χ0) is 20.6. The molecule has 0 amide bonds. The van der Waals surface area contributed by atoms with Crippen LogP contribution in [0.3, 0.4) is 0 Å². The van der Waals surface area contributed by atoms with Crippen LogP contribution < -0.4 is 10.0 Å². The lowest BCUT2D eigenvalue weighted by Gasteiger charge is -2.42. The van der Waals surface area contributed by atoms with Crippen molar-refractivity contribution in [3.8, 4) is 0 Å². The van der Waals surface area contributed by atoms with E-state index in [4.69, 9.17) is 11.6 Å². The van der Waals surface area contributed by atoms with Gasteiger partial charge < -0.3 is 5.32 Å². The van der Waals surface area contributed by atoms with E-state index in [2.05, 4.69) is 50.7 Å². The molecule has 1 fully saturated rings. The Morgan fingerprint density at radius 3 is 2.76 bits per heavy atom. The van der Waals surface area contributed by atoms with Crippen LogP contribution in [0, 0.1) is 0 Å². The molecule has 4 rings (SSSR count). The highest BCUT2D eigenvalue weighted by atomic mass is 79.9. The molecule has 4 nitrogen and oxygen atoms in total. The molecule has 2 atom stereocenters. The van der Waals surface area contributed by atoms with Gasteiger partial charge in [0.2, 0.25) is 10.0 Å². The average Bonchev–Trinajstić information content (AvgIpc) is 3.01. The molecule has 2 aliphatic rings. The molecule has 2 aromatic carbocycles. The number of anilines is 1. The van der Waals surface area contributed by atoms with Crippen molar-refractivity contribution in [2.45, 2.75) is 48.5 Å². The number of fused-ring (bicyclic) bond motifs is 3. The molecule has 1 aliphatic heterocycles. The minimum Gasteiger partial charge on any atom is -0.381 e. The average molecular weight is 496 g/mol. The number of rotatable bonds is 6. The number of nitrogens with one attached hydrogen (secondary N) is 2. The van der Waals surface area contributed by atoms with Crippen LogP contribution >= 0.6 is 27.5 Å². The first kappa shape index (κ1) is 20.9. The molecular weight excluding hydrogens is 472 g/mol. The molecule has 7 heteroatoms. The van der Waals surface area contributed by atoms with Crippen LogP contribution in [0.4, 0.5) is 5.69 Å². The molecule has 1 aliphatic carbocycles. The summed E-state index contributed by atoms with van der Waals surface area (Å²) in [4.78, 5) is 0.233. The molecule has 2 aromatic rings. The normalized spacial score (nSPS) is 23.4. The Hall–Kier alpha value is -1.34. The van der Waals surface area contributed by atoms with Gasteiger partial charge in [-0.1, -0.05) is 39.7 Å². The molecule has 1 heterocycles. The fourth-order valence-electron chi connectivity index (χ4n) is 4.76. The van der Waals surface area contributed by atoms with E-state index in [1.54, 1.807) is 12.1 Å². The topological polar surface area (TPSA) is 58.2 Å². The van der Waals surface area contributed by atoms with E-state index in [-0.39, 0.29) is 10.3 Å². The van der Waals surface area contributed by atoms with Gasteiger partial charge >= 0.3 is 0 Å². The fourth-order valence-corrected chi connectivity index (χ4v) is 6.33. The van der Waals surface area contributed by atoms with Gasteiger partial charge in [0, 0.05) is 33.2 Å². The second-order valence-electron chi connectivity index (χ2n) is 7.81. The first-order chi connectivity index (χ1) is 13.8. The van der Waals surface area contributed by atoms with Crippen molar-refractivity contribution < 1.29 is 8.42 Å². The maximum atomic E-state index is 12.5. The Kier molecular flexibility index (Phi) is 5.81. The summed E-state index contributed by atoms with van der Waals surface area (Å²) in [5, 5.41) is 4.21. The van der Waals surface area contributed by atoms with E-state index < -0.39 is 10.0 Å². The minimum absolute atomic E-state index is 0.136. The fraction of sp³-hybridized carbons (Fsp3) is 0.364. The van der Waals surface area contributed by atoms with Crippen LogP contribution in [-0.4, -0.2) is 21.0 Å². The van der Waals surface area contributed by atoms with Crippen molar-refractivity contribution in [2.24, 2.45) is 0 Å². The zero-order valence-electron chi connectivity index (χ0n) is 16.0. The van der Waals surface area contributed by atoms with Gasteiger partial charge in [-0.2, -0.15) is 0 Å². The predicted octanol–water partition coefficient (Wildman–Crippen LogP) is 5.63. The number of benzene rings is 2. The lowest BCUT2D eigenvalue weighted by molar-refractivity contribution is 0.337. The number of hydrogen-bond acceptors (Lipinski definition) is 3. The van der Waals surface area contributed by atoms with E-state index in [1.165, 1.54) is 29.0 Å². The highest BCUT2D eigenvalue weighted by Crippen LogP contribution is 2.54. The van der Waals surface area contributed by atoms with Crippen LogP contribution in [0.15, 0.2) is 64.0 Å². The summed E-state index contributed by atoms with van der Waals surface area (Å²) in [7, 11) is -3.54. The summed E-state index contributed by atoms with van der Waals surface area (Å²) in [5.74, 6) is 0.